The van der Waals surface area contributed by atoms with Crippen LogP contribution in [0.5, 0.6) is 0 Å². The molecule has 3 aliphatic heterocycles. The van der Waals surface area contributed by atoms with Crippen LogP contribution in [-0.4, -0.2) is 65.3 Å². The van der Waals surface area contributed by atoms with Gasteiger partial charge in [-0.15, -0.1) is 23.1 Å². The number of halogens is 3. The fourth-order valence-corrected chi connectivity index (χ4v) is 7.76. The number of aromatic nitrogens is 2. The molecule has 2 atom stereocenters. The third-order valence-corrected chi connectivity index (χ3v) is 9.63. The van der Waals surface area contributed by atoms with Gasteiger partial charge >= 0.3 is 6.18 Å². The Morgan fingerprint density at radius 2 is 2.00 bits per heavy atom. The molecular formula is C26H27F3N6OS2. The molecule has 0 saturated carbocycles. The van der Waals surface area contributed by atoms with E-state index >= 15 is 0 Å². The summed E-state index contributed by atoms with van der Waals surface area (Å²) in [6.45, 7) is 4.59. The van der Waals surface area contributed by atoms with Crippen molar-refractivity contribution in [2.24, 2.45) is 0 Å². The first-order valence-electron chi connectivity index (χ1n) is 12.6. The molecule has 3 aromatic rings. The highest BCUT2D eigenvalue weighted by Gasteiger charge is 2.41. The summed E-state index contributed by atoms with van der Waals surface area (Å²) in [7, 11) is 1.70. The van der Waals surface area contributed by atoms with E-state index in [2.05, 4.69) is 31.6 Å². The highest BCUT2D eigenvalue weighted by Crippen LogP contribution is 2.43. The molecule has 7 nitrogen and oxygen atoms in total. The van der Waals surface area contributed by atoms with E-state index in [4.69, 9.17) is 0 Å². The van der Waals surface area contributed by atoms with Gasteiger partial charge in [-0.05, 0) is 42.7 Å². The van der Waals surface area contributed by atoms with E-state index in [9.17, 15) is 18.0 Å². The number of carbonyl (C=O) groups is 1. The van der Waals surface area contributed by atoms with Gasteiger partial charge in [-0.2, -0.15) is 13.2 Å². The molecule has 2 unspecified atom stereocenters. The lowest BCUT2D eigenvalue weighted by atomic mass is 9.87. The van der Waals surface area contributed by atoms with Crippen molar-refractivity contribution in [2.75, 3.05) is 42.7 Å². The number of thioether (sulfide) groups is 1. The monoisotopic (exact) mass is 560 g/mol. The molecule has 2 fully saturated rings. The average Bonchev–Trinajstić information content (AvgIpc) is 3.27. The Hall–Kier alpha value is -2.83. The molecule has 3 aliphatic rings. The predicted octanol–water partition coefficient (Wildman–Crippen LogP) is 5.26. The minimum absolute atomic E-state index is 0.0835. The van der Waals surface area contributed by atoms with Crippen LogP contribution in [0.4, 0.5) is 30.5 Å². The van der Waals surface area contributed by atoms with Crippen LogP contribution in [0.2, 0.25) is 0 Å². The Labute approximate surface area is 226 Å². The molecular weight excluding hydrogens is 533 g/mol. The number of carbonyl (C=O) groups excluding carboxylic acids is 1. The molecule has 2 N–H and O–H groups in total. The summed E-state index contributed by atoms with van der Waals surface area (Å²) in [4.78, 5) is 26.6. The molecule has 2 aromatic heterocycles. The maximum Gasteiger partial charge on any atom is 0.420 e. The van der Waals surface area contributed by atoms with Crippen LogP contribution in [0, 0.1) is 0 Å². The molecule has 5 heterocycles. The largest absolute Gasteiger partial charge is 0.420 e. The van der Waals surface area contributed by atoms with Crippen molar-refractivity contribution in [3.63, 3.8) is 0 Å². The zero-order valence-corrected chi connectivity index (χ0v) is 22.6. The van der Waals surface area contributed by atoms with Crippen LogP contribution >= 0.6 is 23.1 Å². The first-order valence-corrected chi connectivity index (χ1v) is 14.4. The third-order valence-electron chi connectivity index (χ3n) is 7.36. The van der Waals surface area contributed by atoms with Crippen LogP contribution in [0.3, 0.4) is 0 Å². The average molecular weight is 561 g/mol. The fraction of sp³-hybridized carbons (Fsp3) is 0.423. The lowest BCUT2D eigenvalue weighted by molar-refractivity contribution is -0.137. The quantitative estimate of drug-likeness (QED) is 0.441. The van der Waals surface area contributed by atoms with E-state index in [1.165, 1.54) is 18.2 Å². The maximum atomic E-state index is 14.0. The lowest BCUT2D eigenvalue weighted by Crippen LogP contribution is -2.68. The Morgan fingerprint density at radius 3 is 2.71 bits per heavy atom. The van der Waals surface area contributed by atoms with Crippen molar-refractivity contribution in [3.8, 4) is 10.6 Å². The number of amides is 1. The SMILES string of the molecule is CCc1cc(N2C3CNCC2C3)ccc1Nc1ncc(C(F)(F)F)c(-c2cc3c(s2)C(=O)N(C)CCS3)n1. The molecule has 0 radical (unpaired) electrons. The highest BCUT2D eigenvalue weighted by atomic mass is 32.2. The zero-order chi connectivity index (χ0) is 26.6. The Kier molecular flexibility index (Phi) is 6.51. The van der Waals surface area contributed by atoms with Crippen molar-refractivity contribution < 1.29 is 18.0 Å². The number of anilines is 3. The van der Waals surface area contributed by atoms with Gasteiger partial charge in [-0.1, -0.05) is 6.92 Å². The van der Waals surface area contributed by atoms with Crippen molar-refractivity contribution in [2.45, 2.75) is 42.9 Å². The van der Waals surface area contributed by atoms with E-state index in [-0.39, 0.29) is 17.5 Å². The first-order chi connectivity index (χ1) is 18.2. The number of nitrogens with one attached hydrogen (secondary N) is 2. The van der Waals surface area contributed by atoms with E-state index in [1.807, 2.05) is 19.1 Å². The summed E-state index contributed by atoms with van der Waals surface area (Å²) in [5.41, 5.74) is 1.82. The second-order valence-corrected chi connectivity index (χ2v) is 12.0. The van der Waals surface area contributed by atoms with Crippen molar-refractivity contribution in [1.82, 2.24) is 20.2 Å². The Balaban J connectivity index is 1.34. The number of benzene rings is 1. The number of piperazine rings is 1. The van der Waals surface area contributed by atoms with Crippen LogP contribution in [0.1, 0.15) is 34.1 Å². The van der Waals surface area contributed by atoms with E-state index in [0.717, 1.165) is 54.0 Å². The van der Waals surface area contributed by atoms with Gasteiger partial charge in [0, 0.05) is 67.0 Å². The van der Waals surface area contributed by atoms with Crippen LogP contribution in [0.15, 0.2) is 35.4 Å². The van der Waals surface area contributed by atoms with Crippen LogP contribution < -0.4 is 15.5 Å². The summed E-state index contributed by atoms with van der Waals surface area (Å²) in [6, 6.07) is 8.80. The predicted molar refractivity (Wildman–Crippen MR) is 145 cm³/mol. The number of alkyl halides is 3. The van der Waals surface area contributed by atoms with Gasteiger partial charge in [-0.3, -0.25) is 4.79 Å². The summed E-state index contributed by atoms with van der Waals surface area (Å²) in [5.74, 6) is 0.580. The molecule has 1 amide bonds. The number of rotatable bonds is 5. The molecule has 200 valence electrons. The number of aryl methyl sites for hydroxylation is 1. The lowest BCUT2D eigenvalue weighted by Gasteiger charge is -2.54. The van der Waals surface area contributed by atoms with Crippen molar-refractivity contribution in [3.05, 3.63) is 46.5 Å². The minimum Gasteiger partial charge on any atom is -0.363 e. The van der Waals surface area contributed by atoms with Crippen LogP contribution in [0.25, 0.3) is 10.6 Å². The summed E-state index contributed by atoms with van der Waals surface area (Å²) in [6.07, 6.45) is -1.87. The molecule has 38 heavy (non-hydrogen) atoms. The molecule has 0 spiro atoms. The smallest absolute Gasteiger partial charge is 0.363 e. The Bertz CT molecular complexity index is 1380. The molecule has 1 aromatic carbocycles. The normalized spacial score (nSPS) is 21.1. The van der Waals surface area contributed by atoms with E-state index in [1.54, 1.807) is 18.0 Å². The number of nitrogens with zero attached hydrogens (tertiary/aromatic N) is 4. The van der Waals surface area contributed by atoms with Gasteiger partial charge in [0.15, 0.2) is 0 Å². The summed E-state index contributed by atoms with van der Waals surface area (Å²) >= 11 is 2.52. The van der Waals surface area contributed by atoms with Crippen LogP contribution in [-0.2, 0) is 12.6 Å². The van der Waals surface area contributed by atoms with Gasteiger partial charge in [0.2, 0.25) is 5.95 Å². The number of hydrogen-bond donors (Lipinski definition) is 2. The van der Waals surface area contributed by atoms with Crippen molar-refractivity contribution >= 4 is 46.3 Å². The molecule has 2 bridgehead atoms. The van der Waals surface area contributed by atoms with E-state index in [0.29, 0.717) is 39.0 Å². The number of fused-ring (bicyclic) bond motifs is 3. The van der Waals surface area contributed by atoms with Gasteiger partial charge in [0.05, 0.1) is 10.6 Å². The van der Waals surface area contributed by atoms with Gasteiger partial charge in [-0.25, -0.2) is 9.97 Å². The first kappa shape index (κ1) is 25.4. The second-order valence-electron chi connectivity index (χ2n) is 9.76. The number of thiophene rings is 1. The van der Waals surface area contributed by atoms with Gasteiger partial charge < -0.3 is 20.4 Å². The fourth-order valence-electron chi connectivity index (χ4n) is 5.33. The molecule has 0 aliphatic carbocycles. The Morgan fingerprint density at radius 1 is 1.21 bits per heavy atom. The number of hydrogen-bond acceptors (Lipinski definition) is 8. The highest BCUT2D eigenvalue weighted by molar-refractivity contribution is 7.99. The maximum absolute atomic E-state index is 14.0. The van der Waals surface area contributed by atoms with E-state index < -0.39 is 11.7 Å². The topological polar surface area (TPSA) is 73.4 Å². The molecule has 12 heteroatoms. The second kappa shape index (κ2) is 9.73. The summed E-state index contributed by atoms with van der Waals surface area (Å²) < 4.78 is 41.9. The summed E-state index contributed by atoms with van der Waals surface area (Å²) in [5, 5.41) is 6.60. The van der Waals surface area contributed by atoms with Gasteiger partial charge in [0.25, 0.3) is 5.91 Å². The zero-order valence-electron chi connectivity index (χ0n) is 20.9. The molecule has 6 rings (SSSR count). The molecule has 2 saturated heterocycles. The van der Waals surface area contributed by atoms with Crippen molar-refractivity contribution in [1.29, 1.82) is 0 Å². The standard InChI is InChI=1S/C26H27F3N6OS2/c1-3-14-8-15(35-16-9-17(35)12-30-11-16)4-5-19(14)32-25-31-13-18(26(27,28)29)22(33-25)20-10-21-23(38-20)24(36)34(2)6-7-37-21/h4-5,8,10,13,16-17,30H,3,6-7,9,11-12H2,1-2H3,(H,31,32,33). The minimum atomic E-state index is -4.64. The third kappa shape index (κ3) is 4.52. The van der Waals surface area contributed by atoms with Gasteiger partial charge in [0.1, 0.15) is 10.4 Å². The number of piperidine rings is 1.